The minimum absolute atomic E-state index is 0.155. The fourth-order valence-electron chi connectivity index (χ4n) is 2.29. The van der Waals surface area contributed by atoms with Crippen molar-refractivity contribution in [2.45, 2.75) is 13.5 Å². The lowest BCUT2D eigenvalue weighted by molar-refractivity contribution is 0.337. The van der Waals surface area contributed by atoms with Gasteiger partial charge in [-0.3, -0.25) is 4.55 Å². The minimum atomic E-state index is -4.06. The second-order valence-electron chi connectivity index (χ2n) is 5.36. The summed E-state index contributed by atoms with van der Waals surface area (Å²) in [6.45, 7) is 3.43. The molecule has 6 nitrogen and oxygen atoms in total. The maximum Gasteiger partial charge on any atom is 0.268 e. The molecule has 0 amide bonds. The molecule has 3 N–H and O–H groups in total. The lowest BCUT2D eigenvalue weighted by Crippen LogP contribution is -2.22. The molecule has 0 heterocycles. The zero-order chi connectivity index (χ0) is 17.6. The average Bonchev–Trinajstić information content (AvgIpc) is 2.54. The lowest BCUT2D eigenvalue weighted by atomic mass is 10.2. The first kappa shape index (κ1) is 18.1. The quantitative estimate of drug-likeness (QED) is 0.561. The van der Waals surface area contributed by atoms with E-state index in [4.69, 9.17) is 15.0 Å². The topological polar surface area (TPSA) is 92.9 Å². The zero-order valence-corrected chi connectivity index (χ0v) is 14.4. The highest BCUT2D eigenvalue weighted by atomic mass is 32.2. The summed E-state index contributed by atoms with van der Waals surface area (Å²) in [4.78, 5) is 2.16. The Morgan fingerprint density at radius 3 is 2.50 bits per heavy atom. The van der Waals surface area contributed by atoms with Crippen LogP contribution in [0.5, 0.6) is 5.75 Å². The van der Waals surface area contributed by atoms with E-state index in [1.807, 2.05) is 24.3 Å². The van der Waals surface area contributed by atoms with Crippen molar-refractivity contribution < 1.29 is 17.7 Å². The van der Waals surface area contributed by atoms with Crippen LogP contribution in [0.15, 0.2) is 48.5 Å². The van der Waals surface area contributed by atoms with E-state index < -0.39 is 15.9 Å². The van der Waals surface area contributed by atoms with Crippen LogP contribution in [0.25, 0.3) is 0 Å². The van der Waals surface area contributed by atoms with Crippen LogP contribution < -0.4 is 15.4 Å². The minimum Gasteiger partial charge on any atom is -0.490 e. The normalized spacial score (nSPS) is 11.2. The van der Waals surface area contributed by atoms with E-state index in [2.05, 4.69) is 24.0 Å². The molecule has 0 bridgehead atoms. The monoisotopic (exact) mass is 350 g/mol. The van der Waals surface area contributed by atoms with Gasteiger partial charge in [0.05, 0.1) is 5.69 Å². The van der Waals surface area contributed by atoms with Crippen LogP contribution in [-0.2, 0) is 16.7 Å². The van der Waals surface area contributed by atoms with E-state index in [0.29, 0.717) is 11.4 Å². The Morgan fingerprint density at radius 2 is 1.88 bits per heavy atom. The molecule has 0 saturated heterocycles. The van der Waals surface area contributed by atoms with Crippen LogP contribution in [-0.4, -0.2) is 31.9 Å². The maximum absolute atomic E-state index is 10.8. The molecule has 0 saturated carbocycles. The van der Waals surface area contributed by atoms with Crippen LogP contribution in [0.4, 0.5) is 11.4 Å². The van der Waals surface area contributed by atoms with Gasteiger partial charge in [0, 0.05) is 24.8 Å². The molecule has 0 unspecified atom stereocenters. The smallest absolute Gasteiger partial charge is 0.268 e. The van der Waals surface area contributed by atoms with Gasteiger partial charge in [0.15, 0.2) is 0 Å². The van der Waals surface area contributed by atoms with Crippen molar-refractivity contribution in [1.29, 1.82) is 0 Å². The highest BCUT2D eigenvalue weighted by Crippen LogP contribution is 2.28. The van der Waals surface area contributed by atoms with E-state index >= 15 is 0 Å². The largest absolute Gasteiger partial charge is 0.490 e. The summed E-state index contributed by atoms with van der Waals surface area (Å²) in [5.74, 6) is -0.0688. The molecule has 0 spiro atoms. The number of rotatable bonds is 8. The van der Waals surface area contributed by atoms with Crippen molar-refractivity contribution in [2.75, 3.05) is 29.5 Å². The maximum atomic E-state index is 10.8. The predicted octanol–water partition coefficient (Wildman–Crippen LogP) is 2.56. The number of hydrogen-bond donors (Lipinski definition) is 2. The second-order valence-corrected chi connectivity index (χ2v) is 6.93. The summed E-state index contributed by atoms with van der Waals surface area (Å²) in [6.07, 6.45) is 0. The Balaban J connectivity index is 2.12. The number of anilines is 2. The van der Waals surface area contributed by atoms with Crippen molar-refractivity contribution in [1.82, 2.24) is 0 Å². The molecule has 130 valence electrons. The molecule has 7 heteroatoms. The third-order valence-electron chi connectivity index (χ3n) is 3.56. The van der Waals surface area contributed by atoms with Gasteiger partial charge in [-0.25, -0.2) is 0 Å². The summed E-state index contributed by atoms with van der Waals surface area (Å²) in [7, 11) is -4.06. The first-order valence-corrected chi connectivity index (χ1v) is 9.26. The summed E-state index contributed by atoms with van der Waals surface area (Å²) in [6, 6.07) is 15.5. The fourth-order valence-corrected chi connectivity index (χ4v) is 2.59. The lowest BCUT2D eigenvalue weighted by Gasteiger charge is -2.24. The Labute approximate surface area is 142 Å². The van der Waals surface area contributed by atoms with Crippen LogP contribution in [0.2, 0.25) is 0 Å². The molecular formula is C17H22N2O4S. The molecule has 0 aliphatic rings. The number of hydrogen-bond acceptors (Lipinski definition) is 5. The first-order valence-electron chi connectivity index (χ1n) is 7.65. The Hall–Kier alpha value is -2.25. The molecule has 24 heavy (non-hydrogen) atoms. The van der Waals surface area contributed by atoms with Gasteiger partial charge in [-0.05, 0) is 24.6 Å². The van der Waals surface area contributed by atoms with Crippen LogP contribution in [0, 0.1) is 0 Å². The molecule has 2 aromatic rings. The van der Waals surface area contributed by atoms with Gasteiger partial charge in [-0.1, -0.05) is 30.3 Å². The number of nitrogen functional groups attached to an aromatic ring is 1. The third kappa shape index (κ3) is 5.43. The molecule has 2 aromatic carbocycles. The van der Waals surface area contributed by atoms with Crippen molar-refractivity contribution in [3.05, 3.63) is 54.1 Å². The highest BCUT2D eigenvalue weighted by Gasteiger charge is 2.10. The summed E-state index contributed by atoms with van der Waals surface area (Å²) in [5.41, 5.74) is 8.41. The Kier molecular flexibility index (Phi) is 6.05. The molecule has 0 radical (unpaired) electrons. The SMILES string of the molecule is CCN(Cc1ccccc1)c1ccc(N)c(OCCS(=O)(=O)O)c1. The molecular weight excluding hydrogens is 328 g/mol. The van der Waals surface area contributed by atoms with Crippen molar-refractivity contribution in [3.8, 4) is 5.75 Å². The van der Waals surface area contributed by atoms with Crippen LogP contribution in [0.1, 0.15) is 12.5 Å². The third-order valence-corrected chi connectivity index (χ3v) is 4.24. The van der Waals surface area contributed by atoms with Gasteiger partial charge in [0.25, 0.3) is 10.1 Å². The predicted molar refractivity (Wildman–Crippen MR) is 95.9 cm³/mol. The number of nitrogens with two attached hydrogens (primary N) is 1. The highest BCUT2D eigenvalue weighted by molar-refractivity contribution is 7.85. The van der Waals surface area contributed by atoms with Crippen LogP contribution in [0.3, 0.4) is 0 Å². The van der Waals surface area contributed by atoms with E-state index in [1.54, 1.807) is 12.1 Å². The first-order chi connectivity index (χ1) is 11.4. The van der Waals surface area contributed by atoms with E-state index in [9.17, 15) is 8.42 Å². The summed E-state index contributed by atoms with van der Waals surface area (Å²) in [5, 5.41) is 0. The number of nitrogens with zero attached hydrogens (tertiary/aromatic N) is 1. The molecule has 2 rings (SSSR count). The fraction of sp³-hybridized carbons (Fsp3) is 0.294. The van der Waals surface area contributed by atoms with Gasteiger partial charge in [-0.2, -0.15) is 8.42 Å². The van der Waals surface area contributed by atoms with Gasteiger partial charge in [0.1, 0.15) is 18.1 Å². The summed E-state index contributed by atoms with van der Waals surface area (Å²) >= 11 is 0. The van der Waals surface area contributed by atoms with Gasteiger partial charge < -0.3 is 15.4 Å². The Bertz CT molecular complexity index is 763. The van der Waals surface area contributed by atoms with Crippen LogP contribution >= 0.6 is 0 Å². The van der Waals surface area contributed by atoms with Crippen molar-refractivity contribution in [2.24, 2.45) is 0 Å². The molecule has 0 fully saturated rings. The molecule has 0 atom stereocenters. The summed E-state index contributed by atoms with van der Waals surface area (Å²) < 4.78 is 35.7. The average molecular weight is 350 g/mol. The number of benzene rings is 2. The standard InChI is InChI=1S/C17H22N2O4S/c1-2-19(13-14-6-4-3-5-7-14)15-8-9-16(18)17(12-15)23-10-11-24(20,21)22/h3-9,12H,2,10-11,13,18H2,1H3,(H,20,21,22). The number of ether oxygens (including phenoxy) is 1. The van der Waals surface area contributed by atoms with Gasteiger partial charge in [0.2, 0.25) is 0 Å². The van der Waals surface area contributed by atoms with Crippen molar-refractivity contribution in [3.63, 3.8) is 0 Å². The molecule has 0 aliphatic carbocycles. The molecule has 0 aliphatic heterocycles. The molecule has 0 aromatic heterocycles. The Morgan fingerprint density at radius 1 is 1.17 bits per heavy atom. The van der Waals surface area contributed by atoms with E-state index in [0.717, 1.165) is 18.8 Å². The van der Waals surface area contributed by atoms with Gasteiger partial charge in [-0.15, -0.1) is 0 Å². The second kappa shape index (κ2) is 8.03. The van der Waals surface area contributed by atoms with Crippen molar-refractivity contribution >= 4 is 21.5 Å². The van der Waals surface area contributed by atoms with Gasteiger partial charge >= 0.3 is 0 Å². The van der Waals surface area contributed by atoms with E-state index in [1.165, 1.54) is 5.56 Å². The zero-order valence-electron chi connectivity index (χ0n) is 13.6. The van der Waals surface area contributed by atoms with E-state index in [-0.39, 0.29) is 6.61 Å².